The molecular formula is C14H22N2O2S. The molecule has 0 saturated heterocycles. The lowest BCUT2D eigenvalue weighted by molar-refractivity contribution is 0.117. The zero-order chi connectivity index (χ0) is 14.3. The molecule has 1 rings (SSSR count). The Hall–Kier alpha value is -1.01. The number of nitrogens with two attached hydrogens (primary N) is 1. The number of hydrogen-bond acceptors (Lipinski definition) is 4. The number of likely N-dealkylation sites (N-methyl/N-ethyl adjacent to an activating group) is 1. The summed E-state index contributed by atoms with van der Waals surface area (Å²) in [5.41, 5.74) is 7.23. The molecule has 1 aromatic carbocycles. The predicted octanol–water partition coefficient (Wildman–Crippen LogP) is 1.32. The molecule has 1 aromatic rings. The van der Waals surface area contributed by atoms with E-state index in [1.165, 1.54) is 0 Å². The third kappa shape index (κ3) is 5.65. The molecule has 0 aromatic heterocycles. The number of benzene rings is 1. The molecule has 0 spiro atoms. The van der Waals surface area contributed by atoms with E-state index >= 15 is 0 Å². The van der Waals surface area contributed by atoms with Crippen LogP contribution in [0.2, 0.25) is 0 Å². The second kappa shape index (κ2) is 8.22. The maximum absolute atomic E-state index is 10.1. The van der Waals surface area contributed by atoms with Crippen molar-refractivity contribution in [3.05, 3.63) is 35.4 Å². The molecule has 106 valence electrons. The second-order valence-electron chi connectivity index (χ2n) is 4.61. The van der Waals surface area contributed by atoms with Crippen LogP contribution in [-0.2, 0) is 4.74 Å². The van der Waals surface area contributed by atoms with E-state index in [1.807, 2.05) is 31.3 Å². The predicted molar refractivity (Wildman–Crippen MR) is 81.3 cm³/mol. The summed E-state index contributed by atoms with van der Waals surface area (Å²) in [4.78, 5) is 2.46. The maximum Gasteiger partial charge on any atom is 0.103 e. The fourth-order valence-electron chi connectivity index (χ4n) is 1.84. The van der Waals surface area contributed by atoms with E-state index in [-0.39, 0.29) is 0 Å². The fourth-order valence-corrected chi connectivity index (χ4v) is 1.98. The first kappa shape index (κ1) is 16.0. The molecular weight excluding hydrogens is 260 g/mol. The Balaban J connectivity index is 2.48. The Bertz CT molecular complexity index is 395. The van der Waals surface area contributed by atoms with E-state index in [0.29, 0.717) is 11.5 Å². The molecule has 0 fully saturated rings. The van der Waals surface area contributed by atoms with Crippen LogP contribution in [0.1, 0.15) is 23.7 Å². The van der Waals surface area contributed by atoms with Gasteiger partial charge >= 0.3 is 0 Å². The Morgan fingerprint density at radius 3 is 2.58 bits per heavy atom. The van der Waals surface area contributed by atoms with Gasteiger partial charge in [-0.3, -0.25) is 0 Å². The monoisotopic (exact) mass is 282 g/mol. The Morgan fingerprint density at radius 2 is 2.05 bits per heavy atom. The van der Waals surface area contributed by atoms with Gasteiger partial charge in [-0.15, -0.1) is 0 Å². The van der Waals surface area contributed by atoms with Gasteiger partial charge in [0.05, 0.1) is 6.10 Å². The minimum absolute atomic E-state index is 0.373. The second-order valence-corrected chi connectivity index (χ2v) is 5.05. The first-order valence-corrected chi connectivity index (χ1v) is 6.70. The van der Waals surface area contributed by atoms with Crippen molar-refractivity contribution in [3.63, 3.8) is 0 Å². The SMILES string of the molecule is COCCCN(C)CC(O)c1ccc(C(N)=S)cc1. The van der Waals surface area contributed by atoms with Gasteiger partial charge in [-0.25, -0.2) is 0 Å². The summed E-state index contributed by atoms with van der Waals surface area (Å²) in [6.45, 7) is 2.23. The lowest BCUT2D eigenvalue weighted by atomic mass is 10.1. The number of aliphatic hydroxyl groups excluding tert-OH is 1. The van der Waals surface area contributed by atoms with Crippen LogP contribution in [0.4, 0.5) is 0 Å². The van der Waals surface area contributed by atoms with Crippen molar-refractivity contribution >= 4 is 17.2 Å². The lowest BCUT2D eigenvalue weighted by Crippen LogP contribution is -2.26. The van der Waals surface area contributed by atoms with E-state index in [0.717, 1.165) is 30.7 Å². The number of rotatable bonds is 8. The average molecular weight is 282 g/mol. The highest BCUT2D eigenvalue weighted by molar-refractivity contribution is 7.80. The standard InChI is InChI=1S/C14H22N2O2S/c1-16(8-3-9-18-2)10-13(17)11-4-6-12(7-5-11)14(15)19/h4-7,13,17H,3,8-10H2,1-2H3,(H2,15,19). The van der Waals surface area contributed by atoms with Crippen molar-refractivity contribution in [3.8, 4) is 0 Å². The average Bonchev–Trinajstić information content (AvgIpc) is 2.39. The molecule has 1 atom stereocenters. The lowest BCUT2D eigenvalue weighted by Gasteiger charge is -2.20. The third-order valence-corrected chi connectivity index (χ3v) is 3.19. The van der Waals surface area contributed by atoms with E-state index in [1.54, 1.807) is 7.11 Å². The van der Waals surface area contributed by atoms with Crippen molar-refractivity contribution in [1.29, 1.82) is 0 Å². The van der Waals surface area contributed by atoms with Crippen molar-refractivity contribution in [2.45, 2.75) is 12.5 Å². The van der Waals surface area contributed by atoms with Gasteiger partial charge in [-0.05, 0) is 19.0 Å². The van der Waals surface area contributed by atoms with Crippen molar-refractivity contribution in [2.24, 2.45) is 5.73 Å². The highest BCUT2D eigenvalue weighted by Crippen LogP contribution is 2.15. The zero-order valence-corrected chi connectivity index (χ0v) is 12.3. The van der Waals surface area contributed by atoms with E-state index < -0.39 is 6.10 Å². The molecule has 5 heteroatoms. The number of methoxy groups -OCH3 is 1. The third-order valence-electron chi connectivity index (χ3n) is 2.95. The maximum atomic E-state index is 10.1. The van der Waals surface area contributed by atoms with Gasteiger partial charge < -0.3 is 20.5 Å². The van der Waals surface area contributed by atoms with Gasteiger partial charge in [0.15, 0.2) is 0 Å². The van der Waals surface area contributed by atoms with Crippen LogP contribution in [0.15, 0.2) is 24.3 Å². The largest absolute Gasteiger partial charge is 0.389 e. The smallest absolute Gasteiger partial charge is 0.103 e. The summed E-state index contributed by atoms with van der Waals surface area (Å²) in [6, 6.07) is 7.40. The molecule has 0 aliphatic rings. The summed E-state index contributed by atoms with van der Waals surface area (Å²) < 4.78 is 5.00. The molecule has 19 heavy (non-hydrogen) atoms. The van der Waals surface area contributed by atoms with E-state index in [9.17, 15) is 5.11 Å². The van der Waals surface area contributed by atoms with Crippen LogP contribution in [-0.4, -0.2) is 48.8 Å². The van der Waals surface area contributed by atoms with Crippen LogP contribution in [0.25, 0.3) is 0 Å². The Morgan fingerprint density at radius 1 is 1.42 bits per heavy atom. The Labute approximate surface area is 120 Å². The van der Waals surface area contributed by atoms with Crippen LogP contribution in [0, 0.1) is 0 Å². The first-order chi connectivity index (χ1) is 9.04. The minimum atomic E-state index is -0.507. The van der Waals surface area contributed by atoms with Crippen LogP contribution in [0.5, 0.6) is 0 Å². The van der Waals surface area contributed by atoms with Crippen molar-refractivity contribution < 1.29 is 9.84 Å². The number of aliphatic hydroxyl groups is 1. The van der Waals surface area contributed by atoms with Crippen LogP contribution >= 0.6 is 12.2 Å². The van der Waals surface area contributed by atoms with Gasteiger partial charge in [0.25, 0.3) is 0 Å². The van der Waals surface area contributed by atoms with Gasteiger partial charge in [-0.2, -0.15) is 0 Å². The van der Waals surface area contributed by atoms with Gasteiger partial charge in [0.2, 0.25) is 0 Å². The molecule has 0 saturated carbocycles. The summed E-state index contributed by atoms with van der Waals surface area (Å²) >= 11 is 4.90. The summed E-state index contributed by atoms with van der Waals surface area (Å²) in [6.07, 6.45) is 0.452. The number of hydrogen-bond donors (Lipinski definition) is 2. The molecule has 0 radical (unpaired) electrons. The summed E-state index contributed by atoms with van der Waals surface area (Å²) in [5.74, 6) is 0. The Kier molecular flexibility index (Phi) is 6.94. The molecule has 3 N–H and O–H groups in total. The summed E-state index contributed by atoms with van der Waals surface area (Å²) in [7, 11) is 3.68. The molecule has 0 amide bonds. The van der Waals surface area contributed by atoms with Gasteiger partial charge in [0, 0.05) is 32.4 Å². The molecule has 0 aliphatic heterocycles. The van der Waals surface area contributed by atoms with Crippen molar-refractivity contribution in [1.82, 2.24) is 4.90 Å². The van der Waals surface area contributed by atoms with E-state index in [2.05, 4.69) is 4.90 Å². The van der Waals surface area contributed by atoms with Gasteiger partial charge in [0.1, 0.15) is 4.99 Å². The molecule has 0 heterocycles. The highest BCUT2D eigenvalue weighted by atomic mass is 32.1. The minimum Gasteiger partial charge on any atom is -0.389 e. The van der Waals surface area contributed by atoms with Gasteiger partial charge in [-0.1, -0.05) is 36.5 Å². The number of thiocarbonyl (C=S) groups is 1. The van der Waals surface area contributed by atoms with E-state index in [4.69, 9.17) is 22.7 Å². The molecule has 0 aliphatic carbocycles. The number of ether oxygens (including phenoxy) is 1. The molecule has 0 bridgehead atoms. The number of nitrogens with zero attached hydrogens (tertiary/aromatic N) is 1. The fraction of sp³-hybridized carbons (Fsp3) is 0.500. The molecule has 1 unspecified atom stereocenters. The first-order valence-electron chi connectivity index (χ1n) is 6.30. The van der Waals surface area contributed by atoms with Crippen LogP contribution < -0.4 is 5.73 Å². The zero-order valence-electron chi connectivity index (χ0n) is 11.5. The normalized spacial score (nSPS) is 12.6. The summed E-state index contributed by atoms with van der Waals surface area (Å²) in [5, 5.41) is 10.1. The topological polar surface area (TPSA) is 58.7 Å². The van der Waals surface area contributed by atoms with Crippen molar-refractivity contribution in [2.75, 3.05) is 33.9 Å². The molecule has 4 nitrogen and oxygen atoms in total. The van der Waals surface area contributed by atoms with Crippen LogP contribution in [0.3, 0.4) is 0 Å². The quantitative estimate of drug-likeness (QED) is 0.556. The highest BCUT2D eigenvalue weighted by Gasteiger charge is 2.10.